The number of nitrogens with one attached hydrogen (secondary N) is 2. The fourth-order valence-corrected chi connectivity index (χ4v) is 3.19. The molecule has 0 atom stereocenters. The topological polar surface area (TPSA) is 95.5 Å². The summed E-state index contributed by atoms with van der Waals surface area (Å²) >= 11 is 3.34. The number of carboxylic acid groups (broad SMARTS) is 1. The molecule has 0 aliphatic carbocycles. The third-order valence-corrected chi connectivity index (χ3v) is 5.04. The number of amides is 2. The van der Waals surface area contributed by atoms with E-state index in [1.165, 1.54) is 30.3 Å². The van der Waals surface area contributed by atoms with Crippen LogP contribution in [0.25, 0.3) is 6.08 Å². The number of carbonyl (C=O) groups excluding carboxylic acids is 2. The van der Waals surface area contributed by atoms with Crippen molar-refractivity contribution in [2.24, 2.45) is 0 Å². The second-order valence-corrected chi connectivity index (χ2v) is 7.48. The Morgan fingerprint density at radius 1 is 0.844 bits per heavy atom. The lowest BCUT2D eigenvalue weighted by Gasteiger charge is -2.11. The Balaban J connectivity index is 1.83. The van der Waals surface area contributed by atoms with Crippen LogP contribution in [-0.2, 0) is 4.79 Å². The summed E-state index contributed by atoms with van der Waals surface area (Å²) in [6.07, 6.45) is 4.97. The van der Waals surface area contributed by atoms with E-state index in [0.29, 0.717) is 15.7 Å². The summed E-state index contributed by atoms with van der Waals surface area (Å²) in [5.74, 6) is -2.06. The van der Waals surface area contributed by atoms with Crippen molar-refractivity contribution < 1.29 is 19.5 Å². The standard InChI is InChI=1S/C25H19BrN2O4/c26-21-11-5-4-10-20(21)23(29)28-22(12-6-9-17-7-2-1-3-8-17)24(30)27-19-15-13-18(14-16-19)25(31)32/h1-16H,(H,27,30)(H,28,29)(H,31,32)/b9-6+,22-12+. The van der Waals surface area contributed by atoms with Gasteiger partial charge in [0.2, 0.25) is 0 Å². The van der Waals surface area contributed by atoms with Crippen molar-refractivity contribution in [3.05, 3.63) is 118 Å². The van der Waals surface area contributed by atoms with Crippen LogP contribution in [0.5, 0.6) is 0 Å². The van der Waals surface area contributed by atoms with Crippen LogP contribution < -0.4 is 10.6 Å². The first-order valence-corrected chi connectivity index (χ1v) is 10.4. The number of hydrogen-bond donors (Lipinski definition) is 3. The Labute approximate surface area is 193 Å². The van der Waals surface area contributed by atoms with Gasteiger partial charge in [0.25, 0.3) is 11.8 Å². The van der Waals surface area contributed by atoms with E-state index in [-0.39, 0.29) is 11.3 Å². The van der Waals surface area contributed by atoms with Crippen molar-refractivity contribution in [3.63, 3.8) is 0 Å². The molecule has 32 heavy (non-hydrogen) atoms. The number of anilines is 1. The molecule has 3 rings (SSSR count). The number of carboxylic acids is 1. The summed E-state index contributed by atoms with van der Waals surface area (Å²) in [7, 11) is 0. The summed E-state index contributed by atoms with van der Waals surface area (Å²) < 4.78 is 0.598. The van der Waals surface area contributed by atoms with E-state index in [2.05, 4.69) is 26.6 Å². The van der Waals surface area contributed by atoms with Gasteiger partial charge in [0.1, 0.15) is 5.70 Å². The van der Waals surface area contributed by atoms with Crippen LogP contribution in [0.15, 0.2) is 101 Å². The maximum absolute atomic E-state index is 12.9. The van der Waals surface area contributed by atoms with Crippen molar-refractivity contribution in [1.29, 1.82) is 0 Å². The molecule has 160 valence electrons. The number of halogens is 1. The van der Waals surface area contributed by atoms with Crippen molar-refractivity contribution in [2.75, 3.05) is 5.32 Å². The molecule has 0 aromatic heterocycles. The van der Waals surface area contributed by atoms with Crippen molar-refractivity contribution in [2.45, 2.75) is 0 Å². The summed E-state index contributed by atoms with van der Waals surface area (Å²) in [6, 6.07) is 22.1. The lowest BCUT2D eigenvalue weighted by molar-refractivity contribution is -0.113. The van der Waals surface area contributed by atoms with Crippen LogP contribution in [0.1, 0.15) is 26.3 Å². The van der Waals surface area contributed by atoms with Gasteiger partial charge in [0.05, 0.1) is 11.1 Å². The van der Waals surface area contributed by atoms with Crippen LogP contribution in [0.2, 0.25) is 0 Å². The molecule has 3 aromatic carbocycles. The number of rotatable bonds is 7. The average molecular weight is 491 g/mol. The highest BCUT2D eigenvalue weighted by Gasteiger charge is 2.16. The number of hydrogen-bond acceptors (Lipinski definition) is 3. The van der Waals surface area contributed by atoms with Gasteiger partial charge in [0, 0.05) is 10.2 Å². The Hall–Kier alpha value is -3.97. The minimum atomic E-state index is -1.06. The second kappa shape index (κ2) is 10.9. The van der Waals surface area contributed by atoms with Crippen molar-refractivity contribution in [1.82, 2.24) is 5.32 Å². The number of benzene rings is 3. The summed E-state index contributed by atoms with van der Waals surface area (Å²) in [6.45, 7) is 0. The monoisotopic (exact) mass is 490 g/mol. The molecule has 0 fully saturated rings. The highest BCUT2D eigenvalue weighted by Crippen LogP contribution is 2.16. The Morgan fingerprint density at radius 3 is 2.16 bits per heavy atom. The maximum atomic E-state index is 12.9. The summed E-state index contributed by atoms with van der Waals surface area (Å²) in [4.78, 5) is 36.6. The minimum Gasteiger partial charge on any atom is -0.478 e. The molecule has 0 saturated carbocycles. The first-order chi connectivity index (χ1) is 15.4. The van der Waals surface area contributed by atoms with E-state index in [4.69, 9.17) is 5.11 Å². The van der Waals surface area contributed by atoms with Gasteiger partial charge in [-0.1, -0.05) is 54.6 Å². The molecule has 7 heteroatoms. The van der Waals surface area contributed by atoms with Crippen molar-refractivity contribution >= 4 is 45.5 Å². The van der Waals surface area contributed by atoms with Crippen LogP contribution in [0.4, 0.5) is 5.69 Å². The SMILES string of the molecule is O=C(Nc1ccc(C(=O)O)cc1)/C(=C\C=C\c1ccccc1)NC(=O)c1ccccc1Br. The average Bonchev–Trinajstić information content (AvgIpc) is 2.79. The number of allylic oxidation sites excluding steroid dienone is 2. The summed E-state index contributed by atoms with van der Waals surface area (Å²) in [5, 5.41) is 14.3. The molecule has 0 aliphatic rings. The second-order valence-electron chi connectivity index (χ2n) is 6.62. The van der Waals surface area contributed by atoms with Gasteiger partial charge in [-0.15, -0.1) is 0 Å². The quantitative estimate of drug-likeness (QED) is 0.316. The summed E-state index contributed by atoms with van der Waals surface area (Å²) in [5.41, 5.74) is 1.84. The molecule has 3 N–H and O–H groups in total. The van der Waals surface area contributed by atoms with Gasteiger partial charge in [-0.3, -0.25) is 9.59 Å². The normalized spacial score (nSPS) is 11.2. The van der Waals surface area contributed by atoms with E-state index < -0.39 is 17.8 Å². The van der Waals surface area contributed by atoms with Gasteiger partial charge in [-0.2, -0.15) is 0 Å². The zero-order chi connectivity index (χ0) is 22.9. The first-order valence-electron chi connectivity index (χ1n) is 9.58. The largest absolute Gasteiger partial charge is 0.478 e. The molecule has 3 aromatic rings. The van der Waals surface area contributed by atoms with E-state index in [1.807, 2.05) is 30.3 Å². The van der Waals surface area contributed by atoms with Gasteiger partial charge in [0.15, 0.2) is 0 Å². The highest BCUT2D eigenvalue weighted by molar-refractivity contribution is 9.10. The Morgan fingerprint density at radius 2 is 1.50 bits per heavy atom. The van der Waals surface area contributed by atoms with E-state index in [9.17, 15) is 14.4 Å². The molecule has 0 spiro atoms. The van der Waals surface area contributed by atoms with Gasteiger partial charge in [-0.25, -0.2) is 4.79 Å². The Bertz CT molecular complexity index is 1190. The molecule has 0 saturated heterocycles. The molecule has 0 heterocycles. The number of carbonyl (C=O) groups is 3. The van der Waals surface area contributed by atoms with Gasteiger partial charge in [-0.05, 0) is 64.0 Å². The van der Waals surface area contributed by atoms with E-state index in [0.717, 1.165) is 5.56 Å². The third kappa shape index (κ3) is 6.26. The van der Waals surface area contributed by atoms with Crippen LogP contribution in [0, 0.1) is 0 Å². The van der Waals surface area contributed by atoms with Crippen LogP contribution in [0.3, 0.4) is 0 Å². The van der Waals surface area contributed by atoms with Crippen molar-refractivity contribution in [3.8, 4) is 0 Å². The highest BCUT2D eigenvalue weighted by atomic mass is 79.9. The smallest absolute Gasteiger partial charge is 0.335 e. The zero-order valence-corrected chi connectivity index (χ0v) is 18.4. The molecule has 0 bridgehead atoms. The molecular formula is C25H19BrN2O4. The predicted octanol–water partition coefficient (Wildman–Crippen LogP) is 5.11. The predicted molar refractivity (Wildman–Crippen MR) is 127 cm³/mol. The molecule has 0 unspecified atom stereocenters. The van der Waals surface area contributed by atoms with Gasteiger partial charge >= 0.3 is 5.97 Å². The van der Waals surface area contributed by atoms with Crippen LogP contribution in [-0.4, -0.2) is 22.9 Å². The maximum Gasteiger partial charge on any atom is 0.335 e. The van der Waals surface area contributed by atoms with E-state index >= 15 is 0 Å². The van der Waals surface area contributed by atoms with Crippen LogP contribution >= 0.6 is 15.9 Å². The lowest BCUT2D eigenvalue weighted by Crippen LogP contribution is -2.31. The fourth-order valence-electron chi connectivity index (χ4n) is 2.72. The molecular weight excluding hydrogens is 472 g/mol. The molecule has 6 nitrogen and oxygen atoms in total. The first kappa shape index (κ1) is 22.7. The zero-order valence-electron chi connectivity index (χ0n) is 16.8. The third-order valence-electron chi connectivity index (χ3n) is 4.35. The molecule has 2 amide bonds. The lowest BCUT2D eigenvalue weighted by atomic mass is 10.2. The van der Waals surface area contributed by atoms with Gasteiger partial charge < -0.3 is 15.7 Å². The molecule has 0 radical (unpaired) electrons. The molecule has 0 aliphatic heterocycles. The van der Waals surface area contributed by atoms with E-state index in [1.54, 1.807) is 36.4 Å². The minimum absolute atomic E-state index is 0.0280. The number of aromatic carboxylic acids is 1. The Kier molecular flexibility index (Phi) is 7.72. The fraction of sp³-hybridized carbons (Fsp3) is 0.